The molecule has 0 aromatic carbocycles. The van der Waals surface area contributed by atoms with Crippen molar-refractivity contribution < 1.29 is 0 Å². The zero-order valence-corrected chi connectivity index (χ0v) is 8.96. The maximum Gasteiger partial charge on any atom is 0.115 e. The second-order valence-corrected chi connectivity index (χ2v) is 3.87. The van der Waals surface area contributed by atoms with Gasteiger partial charge in [-0.25, -0.2) is 9.97 Å². The molecule has 0 bridgehead atoms. The van der Waals surface area contributed by atoms with Gasteiger partial charge in [-0.15, -0.1) is 0 Å². The van der Waals surface area contributed by atoms with Crippen molar-refractivity contribution in [3.8, 4) is 0 Å². The summed E-state index contributed by atoms with van der Waals surface area (Å²) in [6, 6.07) is 0. The van der Waals surface area contributed by atoms with Gasteiger partial charge in [-0.2, -0.15) is 5.10 Å². The predicted octanol–water partition coefficient (Wildman–Crippen LogP) is 1.84. The second kappa shape index (κ2) is 4.21. The van der Waals surface area contributed by atoms with E-state index in [1.54, 1.807) is 0 Å². The summed E-state index contributed by atoms with van der Waals surface area (Å²) < 4.78 is 1.91. The molecule has 0 radical (unpaired) electrons. The lowest BCUT2D eigenvalue weighted by Crippen LogP contribution is -2.00. The number of hydrogen-bond acceptors (Lipinski definition) is 3. The van der Waals surface area contributed by atoms with Gasteiger partial charge >= 0.3 is 0 Å². The monoisotopic (exact) mass is 202 g/mol. The summed E-state index contributed by atoms with van der Waals surface area (Å²) in [5.74, 6) is 0.519. The molecule has 2 rings (SSSR count). The van der Waals surface area contributed by atoms with Crippen molar-refractivity contribution in [2.75, 3.05) is 0 Å². The van der Waals surface area contributed by atoms with Gasteiger partial charge in [0.25, 0.3) is 0 Å². The molecule has 0 saturated heterocycles. The molecule has 0 atom stereocenters. The fourth-order valence-corrected chi connectivity index (χ4v) is 1.36. The maximum atomic E-state index is 4.29. The zero-order chi connectivity index (χ0) is 10.7. The summed E-state index contributed by atoms with van der Waals surface area (Å²) >= 11 is 0. The molecule has 0 N–H and O–H groups in total. The van der Waals surface area contributed by atoms with Crippen molar-refractivity contribution >= 4 is 0 Å². The van der Waals surface area contributed by atoms with Crippen LogP contribution in [-0.2, 0) is 6.54 Å². The Labute approximate surface area is 89.0 Å². The smallest absolute Gasteiger partial charge is 0.115 e. The molecule has 0 unspecified atom stereocenters. The summed E-state index contributed by atoms with van der Waals surface area (Å²) in [5, 5.41) is 4.29. The highest BCUT2D eigenvalue weighted by molar-refractivity contribution is 5.10. The minimum Gasteiger partial charge on any atom is -0.268 e. The largest absolute Gasteiger partial charge is 0.268 e. The van der Waals surface area contributed by atoms with Crippen LogP contribution in [0.2, 0.25) is 0 Å². The van der Waals surface area contributed by atoms with Gasteiger partial charge in [0.2, 0.25) is 0 Å². The Morgan fingerprint density at radius 1 is 1.20 bits per heavy atom. The summed E-state index contributed by atoms with van der Waals surface area (Å²) in [4.78, 5) is 7.94. The highest BCUT2D eigenvalue weighted by Gasteiger charge is 2.03. The van der Waals surface area contributed by atoms with E-state index in [1.165, 1.54) is 11.9 Å². The molecule has 4 heteroatoms. The molecule has 2 aromatic rings. The van der Waals surface area contributed by atoms with Crippen LogP contribution in [-0.4, -0.2) is 19.7 Å². The Kier molecular flexibility index (Phi) is 2.76. The van der Waals surface area contributed by atoms with Crippen molar-refractivity contribution in [1.29, 1.82) is 0 Å². The molecular formula is C11H14N4. The van der Waals surface area contributed by atoms with Crippen LogP contribution in [0, 0.1) is 0 Å². The van der Waals surface area contributed by atoms with Gasteiger partial charge in [-0.05, 0) is 11.5 Å². The molecule has 0 aliphatic heterocycles. The molecule has 0 spiro atoms. The first-order valence-corrected chi connectivity index (χ1v) is 5.02. The second-order valence-electron chi connectivity index (χ2n) is 3.87. The molecule has 0 saturated carbocycles. The van der Waals surface area contributed by atoms with Crippen LogP contribution in [0.15, 0.2) is 31.1 Å². The van der Waals surface area contributed by atoms with Gasteiger partial charge in [0.15, 0.2) is 0 Å². The van der Waals surface area contributed by atoms with Crippen LogP contribution >= 0.6 is 0 Å². The number of hydrogen-bond donors (Lipinski definition) is 0. The van der Waals surface area contributed by atoms with E-state index in [0.717, 1.165) is 12.1 Å². The van der Waals surface area contributed by atoms with Gasteiger partial charge in [0, 0.05) is 24.2 Å². The van der Waals surface area contributed by atoms with Crippen molar-refractivity contribution in [3.63, 3.8) is 0 Å². The molecule has 4 nitrogen and oxygen atoms in total. The van der Waals surface area contributed by atoms with Crippen molar-refractivity contribution in [3.05, 3.63) is 42.2 Å². The maximum absolute atomic E-state index is 4.29. The molecule has 0 aliphatic carbocycles. The topological polar surface area (TPSA) is 43.6 Å². The van der Waals surface area contributed by atoms with Gasteiger partial charge in [0.1, 0.15) is 6.33 Å². The van der Waals surface area contributed by atoms with Gasteiger partial charge in [-0.1, -0.05) is 13.8 Å². The van der Waals surface area contributed by atoms with E-state index in [4.69, 9.17) is 0 Å². The highest BCUT2D eigenvalue weighted by Crippen LogP contribution is 2.12. The highest BCUT2D eigenvalue weighted by atomic mass is 15.3. The third-order valence-corrected chi connectivity index (χ3v) is 2.28. The summed E-state index contributed by atoms with van der Waals surface area (Å²) in [5.41, 5.74) is 2.32. The Hall–Kier alpha value is -1.71. The Balaban J connectivity index is 2.12. The quantitative estimate of drug-likeness (QED) is 0.762. The predicted molar refractivity (Wildman–Crippen MR) is 57.5 cm³/mol. The van der Waals surface area contributed by atoms with Crippen LogP contribution < -0.4 is 0 Å². The first-order valence-electron chi connectivity index (χ1n) is 5.02. The molecule has 2 aromatic heterocycles. The van der Waals surface area contributed by atoms with Gasteiger partial charge in [0.05, 0.1) is 12.7 Å². The van der Waals surface area contributed by atoms with E-state index in [1.807, 2.05) is 23.3 Å². The van der Waals surface area contributed by atoms with E-state index in [9.17, 15) is 0 Å². The summed E-state index contributed by atoms with van der Waals surface area (Å²) in [7, 11) is 0. The zero-order valence-electron chi connectivity index (χ0n) is 8.96. The van der Waals surface area contributed by atoms with E-state index in [0.29, 0.717) is 5.92 Å². The molecule has 15 heavy (non-hydrogen) atoms. The fraction of sp³-hybridized carbons (Fsp3) is 0.364. The lowest BCUT2D eigenvalue weighted by molar-refractivity contribution is 0.680. The average molecular weight is 202 g/mol. The van der Waals surface area contributed by atoms with E-state index in [-0.39, 0.29) is 0 Å². The van der Waals surface area contributed by atoms with E-state index in [2.05, 4.69) is 35.1 Å². The molecular weight excluding hydrogens is 188 g/mol. The van der Waals surface area contributed by atoms with Crippen LogP contribution in [0.5, 0.6) is 0 Å². The third-order valence-electron chi connectivity index (χ3n) is 2.28. The first kappa shape index (κ1) is 9.83. The third kappa shape index (κ3) is 2.40. The van der Waals surface area contributed by atoms with Crippen LogP contribution in [0.3, 0.4) is 0 Å². The molecule has 0 amide bonds. The minimum absolute atomic E-state index is 0.519. The SMILES string of the molecule is CC(C)c1cnn(Cc2cncnc2)c1. The number of rotatable bonds is 3. The number of nitrogens with zero attached hydrogens (tertiary/aromatic N) is 4. The molecule has 2 heterocycles. The Bertz CT molecular complexity index is 419. The van der Waals surface area contributed by atoms with Crippen LogP contribution in [0.25, 0.3) is 0 Å². The normalized spacial score (nSPS) is 10.9. The summed E-state index contributed by atoms with van der Waals surface area (Å²) in [6.07, 6.45) is 9.13. The average Bonchev–Trinajstić information content (AvgIpc) is 2.68. The fourth-order valence-electron chi connectivity index (χ4n) is 1.36. The van der Waals surface area contributed by atoms with Gasteiger partial charge < -0.3 is 0 Å². The lowest BCUT2D eigenvalue weighted by Gasteiger charge is -2.00. The Morgan fingerprint density at radius 2 is 1.93 bits per heavy atom. The molecule has 0 fully saturated rings. The molecule has 78 valence electrons. The number of aromatic nitrogens is 4. The summed E-state index contributed by atoms with van der Waals surface area (Å²) in [6.45, 7) is 5.05. The van der Waals surface area contributed by atoms with E-state index >= 15 is 0 Å². The Morgan fingerprint density at radius 3 is 2.53 bits per heavy atom. The van der Waals surface area contributed by atoms with Crippen LogP contribution in [0.4, 0.5) is 0 Å². The lowest BCUT2D eigenvalue weighted by atomic mass is 10.1. The minimum atomic E-state index is 0.519. The van der Waals surface area contributed by atoms with Crippen molar-refractivity contribution in [2.24, 2.45) is 0 Å². The van der Waals surface area contributed by atoms with Gasteiger partial charge in [-0.3, -0.25) is 4.68 Å². The van der Waals surface area contributed by atoms with Crippen LogP contribution in [0.1, 0.15) is 30.9 Å². The van der Waals surface area contributed by atoms with E-state index < -0.39 is 0 Å². The van der Waals surface area contributed by atoms with Crippen molar-refractivity contribution in [1.82, 2.24) is 19.7 Å². The standard InChI is InChI=1S/C11H14N4/c1-9(2)11-5-14-15(7-11)6-10-3-12-8-13-4-10/h3-5,7-9H,6H2,1-2H3. The first-order chi connectivity index (χ1) is 7.25. The van der Waals surface area contributed by atoms with Crippen molar-refractivity contribution in [2.45, 2.75) is 26.3 Å². The molecule has 0 aliphatic rings.